The molecule has 2 aromatic carbocycles. The van der Waals surface area contributed by atoms with Crippen LogP contribution in [0.1, 0.15) is 11.1 Å². The zero-order chi connectivity index (χ0) is 12.4. The van der Waals surface area contributed by atoms with Gasteiger partial charge in [-0.1, -0.05) is 30.3 Å². The number of nitrogens with zero attached hydrogens (tertiary/aromatic N) is 3. The maximum Gasteiger partial charge on any atom is 0.0998 e. The van der Waals surface area contributed by atoms with E-state index in [1.54, 1.807) is 12.5 Å². The molecule has 3 aromatic rings. The van der Waals surface area contributed by atoms with Gasteiger partial charge in [0.1, 0.15) is 0 Å². The lowest BCUT2D eigenvalue weighted by Gasteiger charge is -2.08. The molecule has 0 radical (unpaired) electrons. The molecule has 0 spiro atoms. The normalized spacial score (nSPS) is 10.4. The first-order valence-electron chi connectivity index (χ1n) is 5.75. The second-order valence-electron chi connectivity index (χ2n) is 4.16. The summed E-state index contributed by atoms with van der Waals surface area (Å²) in [7, 11) is 0. The molecule has 0 N–H and O–H groups in total. The third kappa shape index (κ3) is 1.74. The van der Waals surface area contributed by atoms with Gasteiger partial charge in [0.05, 0.1) is 18.0 Å². The van der Waals surface area contributed by atoms with Crippen molar-refractivity contribution in [3.63, 3.8) is 0 Å². The summed E-state index contributed by atoms with van der Waals surface area (Å²) in [5.74, 6) is 0. The van der Waals surface area contributed by atoms with Crippen LogP contribution in [0, 0.1) is 11.3 Å². The Balaban J connectivity index is 2.16. The lowest BCUT2D eigenvalue weighted by atomic mass is 10.00. The Kier molecular flexibility index (Phi) is 2.54. The third-order valence-corrected chi connectivity index (χ3v) is 3.05. The number of imidazole rings is 1. The molecule has 0 amide bonds. The fourth-order valence-corrected chi connectivity index (χ4v) is 2.17. The molecule has 0 fully saturated rings. The Labute approximate surface area is 105 Å². The van der Waals surface area contributed by atoms with Gasteiger partial charge in [0.15, 0.2) is 0 Å². The van der Waals surface area contributed by atoms with Gasteiger partial charge in [-0.3, -0.25) is 0 Å². The monoisotopic (exact) mass is 233 g/mol. The maximum absolute atomic E-state index is 9.12. The molecule has 0 aliphatic carbocycles. The molecular weight excluding hydrogens is 222 g/mol. The molecule has 0 saturated heterocycles. The molecule has 3 nitrogen and oxygen atoms in total. The quantitative estimate of drug-likeness (QED) is 0.682. The number of hydrogen-bond acceptors (Lipinski definition) is 2. The second-order valence-corrected chi connectivity index (χ2v) is 4.16. The van der Waals surface area contributed by atoms with Crippen molar-refractivity contribution in [1.82, 2.24) is 9.55 Å². The number of benzene rings is 2. The Bertz CT molecular complexity index is 721. The van der Waals surface area contributed by atoms with Crippen LogP contribution in [0.15, 0.2) is 55.1 Å². The second kappa shape index (κ2) is 4.34. The summed E-state index contributed by atoms with van der Waals surface area (Å²) in [6.07, 6.45) is 5.51. The summed E-state index contributed by atoms with van der Waals surface area (Å²) in [6, 6.07) is 14.1. The first-order valence-corrected chi connectivity index (χ1v) is 5.75. The largest absolute Gasteiger partial charge is 0.333 e. The van der Waals surface area contributed by atoms with Crippen LogP contribution in [0.25, 0.3) is 10.8 Å². The fraction of sp³-hybridized carbons (Fsp3) is 0.0667. The highest BCUT2D eigenvalue weighted by Gasteiger charge is 2.05. The lowest BCUT2D eigenvalue weighted by Crippen LogP contribution is -1.98. The summed E-state index contributed by atoms with van der Waals surface area (Å²) in [6.45, 7) is 0.770. The number of nitriles is 1. The van der Waals surface area contributed by atoms with Gasteiger partial charge in [0.25, 0.3) is 0 Å². The van der Waals surface area contributed by atoms with Crippen molar-refractivity contribution in [2.24, 2.45) is 0 Å². The van der Waals surface area contributed by atoms with E-state index in [1.165, 1.54) is 5.56 Å². The van der Waals surface area contributed by atoms with Crippen LogP contribution >= 0.6 is 0 Å². The van der Waals surface area contributed by atoms with Crippen LogP contribution in [0.2, 0.25) is 0 Å². The van der Waals surface area contributed by atoms with Crippen LogP contribution in [0.3, 0.4) is 0 Å². The molecule has 0 atom stereocenters. The van der Waals surface area contributed by atoms with E-state index in [9.17, 15) is 0 Å². The maximum atomic E-state index is 9.12. The average Bonchev–Trinajstić information content (AvgIpc) is 2.92. The van der Waals surface area contributed by atoms with Crippen LogP contribution < -0.4 is 0 Å². The zero-order valence-electron chi connectivity index (χ0n) is 9.74. The molecule has 0 bridgehead atoms. The average molecular weight is 233 g/mol. The molecule has 1 aromatic heterocycles. The third-order valence-electron chi connectivity index (χ3n) is 3.05. The van der Waals surface area contributed by atoms with Gasteiger partial charge in [-0.15, -0.1) is 0 Å². The summed E-state index contributed by atoms with van der Waals surface area (Å²) in [5.41, 5.74) is 1.92. The minimum atomic E-state index is 0.722. The molecule has 0 unspecified atom stereocenters. The number of aromatic nitrogens is 2. The minimum absolute atomic E-state index is 0.722. The van der Waals surface area contributed by atoms with Crippen molar-refractivity contribution >= 4 is 10.8 Å². The number of fused-ring (bicyclic) bond motifs is 1. The first-order chi connectivity index (χ1) is 8.88. The van der Waals surface area contributed by atoms with Gasteiger partial charge in [0.2, 0.25) is 0 Å². The Morgan fingerprint density at radius 1 is 1.11 bits per heavy atom. The van der Waals surface area contributed by atoms with Crippen molar-refractivity contribution in [3.8, 4) is 6.07 Å². The van der Waals surface area contributed by atoms with Crippen LogP contribution in [-0.2, 0) is 6.54 Å². The van der Waals surface area contributed by atoms with Gasteiger partial charge in [-0.05, 0) is 22.4 Å². The van der Waals surface area contributed by atoms with Gasteiger partial charge in [-0.25, -0.2) is 4.98 Å². The number of rotatable bonds is 2. The summed E-state index contributed by atoms with van der Waals surface area (Å²) in [4.78, 5) is 4.04. The molecule has 1 heterocycles. The predicted octanol–water partition coefficient (Wildman–Crippen LogP) is 2.96. The van der Waals surface area contributed by atoms with E-state index in [0.29, 0.717) is 0 Å². The van der Waals surface area contributed by atoms with Crippen molar-refractivity contribution in [2.45, 2.75) is 6.54 Å². The van der Waals surface area contributed by atoms with Crippen molar-refractivity contribution < 1.29 is 0 Å². The Hall–Kier alpha value is -2.60. The van der Waals surface area contributed by atoms with Crippen molar-refractivity contribution in [1.29, 1.82) is 5.26 Å². The van der Waals surface area contributed by atoms with Crippen molar-refractivity contribution in [3.05, 3.63) is 66.2 Å². The zero-order valence-corrected chi connectivity index (χ0v) is 9.74. The van der Waals surface area contributed by atoms with Crippen molar-refractivity contribution in [2.75, 3.05) is 0 Å². The SMILES string of the molecule is N#Cc1ccc(Cn2ccnc2)c2ccccc12. The van der Waals surface area contributed by atoms with Crippen LogP contribution in [-0.4, -0.2) is 9.55 Å². The van der Waals surface area contributed by atoms with E-state index in [1.807, 2.05) is 41.1 Å². The topological polar surface area (TPSA) is 41.6 Å². The van der Waals surface area contributed by atoms with E-state index in [4.69, 9.17) is 5.26 Å². The van der Waals surface area contributed by atoms with Gasteiger partial charge >= 0.3 is 0 Å². The highest BCUT2D eigenvalue weighted by molar-refractivity contribution is 5.90. The van der Waals surface area contributed by atoms with Gasteiger partial charge in [-0.2, -0.15) is 5.26 Å². The molecule has 18 heavy (non-hydrogen) atoms. The predicted molar refractivity (Wildman–Crippen MR) is 70.0 cm³/mol. The highest BCUT2D eigenvalue weighted by Crippen LogP contribution is 2.23. The summed E-state index contributed by atoms with van der Waals surface area (Å²) >= 11 is 0. The highest BCUT2D eigenvalue weighted by atomic mass is 15.0. The van der Waals surface area contributed by atoms with Gasteiger partial charge < -0.3 is 4.57 Å². The standard InChI is InChI=1S/C15H11N3/c16-9-12-5-6-13(10-18-8-7-17-11-18)15-4-2-1-3-14(12)15/h1-8,11H,10H2. The smallest absolute Gasteiger partial charge is 0.0998 e. The summed E-state index contributed by atoms with van der Waals surface area (Å²) in [5, 5.41) is 11.3. The van der Waals surface area contributed by atoms with E-state index < -0.39 is 0 Å². The van der Waals surface area contributed by atoms with Crippen LogP contribution in [0.5, 0.6) is 0 Å². The molecular formula is C15H11N3. The van der Waals surface area contributed by atoms with E-state index in [2.05, 4.69) is 17.1 Å². The van der Waals surface area contributed by atoms with E-state index in [0.717, 1.165) is 22.9 Å². The molecule has 0 aliphatic rings. The molecule has 3 heteroatoms. The molecule has 0 saturated carbocycles. The molecule has 0 aliphatic heterocycles. The van der Waals surface area contributed by atoms with Gasteiger partial charge in [0, 0.05) is 18.9 Å². The molecule has 86 valence electrons. The van der Waals surface area contributed by atoms with E-state index in [-0.39, 0.29) is 0 Å². The van der Waals surface area contributed by atoms with E-state index >= 15 is 0 Å². The number of hydrogen-bond donors (Lipinski definition) is 0. The minimum Gasteiger partial charge on any atom is -0.333 e. The lowest BCUT2D eigenvalue weighted by molar-refractivity contribution is 0.802. The Morgan fingerprint density at radius 2 is 1.94 bits per heavy atom. The fourth-order valence-electron chi connectivity index (χ4n) is 2.17. The Morgan fingerprint density at radius 3 is 2.67 bits per heavy atom. The molecule has 3 rings (SSSR count). The summed E-state index contributed by atoms with van der Waals surface area (Å²) < 4.78 is 2.02. The first kappa shape index (κ1) is 10.5. The van der Waals surface area contributed by atoms with Crippen LogP contribution in [0.4, 0.5) is 0 Å².